The fourth-order valence-corrected chi connectivity index (χ4v) is 10.6. The van der Waals surface area contributed by atoms with Crippen LogP contribution >= 0.6 is 0 Å². The van der Waals surface area contributed by atoms with Crippen molar-refractivity contribution in [3.05, 3.63) is 0 Å². The summed E-state index contributed by atoms with van der Waals surface area (Å²) in [6, 6.07) is 0. The van der Waals surface area contributed by atoms with Crippen LogP contribution in [-0.2, 0) is 57.5 Å². The van der Waals surface area contributed by atoms with E-state index in [-0.39, 0.29) is 108 Å². The molecule has 0 heterocycles. The third kappa shape index (κ3) is 20.9. The van der Waals surface area contributed by atoms with E-state index in [4.69, 9.17) is 0 Å². The molecule has 70 heavy (non-hydrogen) atoms. The third-order valence-electron chi connectivity index (χ3n) is 13.4. The number of hydrogen-bond acceptors (Lipinski definition) is 24. The van der Waals surface area contributed by atoms with Gasteiger partial charge >= 0.3 is 69.4 Å². The smallest absolute Gasteiger partial charge is 0.550 e. The molecular weight excluding hydrogens is 996 g/mol. The van der Waals surface area contributed by atoms with Crippen molar-refractivity contribution < 1.29 is 119 Å². The quantitative estimate of drug-likeness (QED) is 0.0810. The van der Waals surface area contributed by atoms with E-state index in [1.165, 1.54) is 0 Å². The van der Waals surface area contributed by atoms with E-state index < -0.39 is 162 Å². The minimum absolute atomic E-state index is 0. The van der Waals surface area contributed by atoms with Crippen LogP contribution in [0.2, 0.25) is 0 Å². The number of carbonyl (C=O) groups is 12. The van der Waals surface area contributed by atoms with Gasteiger partial charge in [0.1, 0.15) is 0 Å². The topological polar surface area (TPSA) is 482 Å². The van der Waals surface area contributed by atoms with Crippen molar-refractivity contribution in [3.63, 3.8) is 0 Å². The fraction of sp³-hybridized carbons (Fsp3) is 0.714. The van der Waals surface area contributed by atoms with Crippen LogP contribution in [0.4, 0.5) is 0 Å². The van der Waals surface area contributed by atoms with Crippen LogP contribution in [0.3, 0.4) is 0 Å². The zero-order valence-corrected chi connectivity index (χ0v) is 42.5. The van der Waals surface area contributed by atoms with Crippen molar-refractivity contribution >= 4 is 141 Å². The van der Waals surface area contributed by atoms with Crippen LogP contribution in [0.15, 0.2) is 0 Å². The third-order valence-corrected chi connectivity index (χ3v) is 13.4. The van der Waals surface area contributed by atoms with Gasteiger partial charge in [-0.1, -0.05) is 57.8 Å². The standard InChI is InChI=1S/3C14H20O8.4Al/c3*15-10(16)6-8(12(19)20)14(4-2-1-3-5-14)9(13(21)22)7-11(17)18;;;;/h3*8-9H,1-7H2,(H,15,16)(H,17,18)(H,19,20)(H,21,22);;;;/q;;;4*+3/p-12. The van der Waals surface area contributed by atoms with Crippen LogP contribution in [0.1, 0.15) is 135 Å². The predicted molar refractivity (Wildman–Crippen MR) is 208 cm³/mol. The van der Waals surface area contributed by atoms with Crippen molar-refractivity contribution in [1.82, 2.24) is 0 Å². The second-order valence-electron chi connectivity index (χ2n) is 17.1. The van der Waals surface area contributed by atoms with Gasteiger partial charge < -0.3 is 119 Å². The van der Waals surface area contributed by atoms with E-state index in [0.717, 1.165) is 19.3 Å². The molecule has 0 spiro atoms. The molecule has 0 bridgehead atoms. The number of rotatable bonds is 24. The van der Waals surface area contributed by atoms with Crippen molar-refractivity contribution in [2.75, 3.05) is 0 Å². The molecule has 0 amide bonds. The first-order valence-electron chi connectivity index (χ1n) is 21.1. The van der Waals surface area contributed by atoms with Gasteiger partial charge in [0.2, 0.25) is 0 Å². The van der Waals surface area contributed by atoms with E-state index in [9.17, 15) is 119 Å². The summed E-state index contributed by atoms with van der Waals surface area (Å²) in [6.07, 6.45) is -0.187. The Morgan fingerprint density at radius 2 is 0.357 bits per heavy atom. The number of carboxylic acids is 12. The van der Waals surface area contributed by atoms with Gasteiger partial charge in [0.15, 0.2) is 0 Å². The van der Waals surface area contributed by atoms with E-state index in [1.54, 1.807) is 0 Å². The van der Waals surface area contributed by atoms with Gasteiger partial charge in [-0.2, -0.15) is 0 Å². The van der Waals surface area contributed by atoms with Crippen LogP contribution in [0.25, 0.3) is 0 Å². The molecule has 6 atom stereocenters. The molecule has 0 aromatic rings. The molecule has 372 valence electrons. The first-order valence-corrected chi connectivity index (χ1v) is 21.1. The van der Waals surface area contributed by atoms with Gasteiger partial charge in [-0.15, -0.1) is 0 Å². The van der Waals surface area contributed by atoms with E-state index in [0.29, 0.717) is 38.5 Å². The minimum atomic E-state index is -1.73. The molecule has 3 aliphatic rings. The van der Waals surface area contributed by atoms with Crippen molar-refractivity contribution in [2.24, 2.45) is 51.8 Å². The van der Waals surface area contributed by atoms with Gasteiger partial charge in [0.25, 0.3) is 0 Å². The van der Waals surface area contributed by atoms with Crippen molar-refractivity contribution in [1.29, 1.82) is 0 Å². The zero-order valence-electron chi connectivity index (χ0n) is 37.9. The van der Waals surface area contributed by atoms with Crippen LogP contribution in [0.5, 0.6) is 0 Å². The molecule has 0 aromatic carbocycles. The molecule has 28 heteroatoms. The normalized spacial score (nSPS) is 18.7. The first-order chi connectivity index (χ1) is 30.6. The Morgan fingerprint density at radius 3 is 0.443 bits per heavy atom. The molecule has 3 aliphatic carbocycles. The summed E-state index contributed by atoms with van der Waals surface area (Å²) >= 11 is 0. The summed E-state index contributed by atoms with van der Waals surface area (Å²) in [6.45, 7) is 0. The SMILES string of the molecule is O=C([O-])CC(C(=O)[O-])C1(C(CC(=O)[O-])C(=O)[O-])CCCCC1.O=C([O-])CC(C(=O)[O-])C1(C(CC(=O)[O-])C(=O)[O-])CCCCC1.O=C([O-])CC(C(=O)[O-])C1(C(CC(=O)[O-])C(=O)[O-])CCCCC1.[Al+3].[Al+3].[Al+3].[Al+3]. The summed E-state index contributed by atoms with van der Waals surface area (Å²) in [5.74, 6) is -30.2. The maximum Gasteiger partial charge on any atom is 3.00 e. The Labute approximate surface area is 444 Å². The largest absolute Gasteiger partial charge is 3.00 e. The zero-order chi connectivity index (χ0) is 50.7. The number of carbonyl (C=O) groups excluding carboxylic acids is 12. The van der Waals surface area contributed by atoms with Gasteiger partial charge in [-0.05, 0) is 93.3 Å². The molecule has 0 radical (unpaired) electrons. The van der Waals surface area contributed by atoms with Crippen LogP contribution in [0, 0.1) is 51.8 Å². The Hall–Kier alpha value is -4.23. The Morgan fingerprint density at radius 1 is 0.243 bits per heavy atom. The Bertz CT molecular complexity index is 1510. The number of hydrogen-bond donors (Lipinski definition) is 0. The second-order valence-corrected chi connectivity index (χ2v) is 17.1. The summed E-state index contributed by atoms with van der Waals surface area (Å²) in [5, 5.41) is 133. The molecule has 3 saturated carbocycles. The number of carboxylic acid groups (broad SMARTS) is 12. The fourth-order valence-electron chi connectivity index (χ4n) is 10.6. The molecule has 6 unspecified atom stereocenters. The Kier molecular flexibility index (Phi) is 34.5. The monoisotopic (exact) mass is 1040 g/mol. The summed E-state index contributed by atoms with van der Waals surface area (Å²) < 4.78 is 0. The molecular formula is C42H48Al4O24. The van der Waals surface area contributed by atoms with Gasteiger partial charge in [0.05, 0.1) is 0 Å². The maximum absolute atomic E-state index is 11.4. The molecule has 0 saturated heterocycles. The molecule has 0 aromatic heterocycles. The van der Waals surface area contributed by atoms with Gasteiger partial charge in [-0.25, -0.2) is 0 Å². The Balaban J connectivity index is -0.000000454. The average Bonchev–Trinajstić information content (AvgIpc) is 3.21. The maximum atomic E-state index is 11.4. The van der Waals surface area contributed by atoms with Gasteiger partial charge in [0, 0.05) is 107 Å². The van der Waals surface area contributed by atoms with E-state index in [2.05, 4.69) is 0 Å². The predicted octanol–water partition coefficient (Wildman–Crippen LogP) is -13.7. The minimum Gasteiger partial charge on any atom is -0.550 e. The van der Waals surface area contributed by atoms with Crippen LogP contribution < -0.4 is 61.3 Å². The van der Waals surface area contributed by atoms with Crippen molar-refractivity contribution in [3.8, 4) is 0 Å². The molecule has 24 nitrogen and oxygen atoms in total. The summed E-state index contributed by atoms with van der Waals surface area (Å²) in [7, 11) is 0. The van der Waals surface area contributed by atoms with Crippen LogP contribution in [-0.4, -0.2) is 141 Å². The molecule has 0 N–H and O–H groups in total. The van der Waals surface area contributed by atoms with Gasteiger partial charge in [-0.3, -0.25) is 0 Å². The molecule has 0 aliphatic heterocycles. The summed E-state index contributed by atoms with van der Waals surface area (Å²) in [5.41, 5.74) is -4.64. The molecule has 3 fully saturated rings. The van der Waals surface area contributed by atoms with Crippen molar-refractivity contribution in [2.45, 2.75) is 135 Å². The summed E-state index contributed by atoms with van der Waals surface area (Å²) in [4.78, 5) is 133. The van der Waals surface area contributed by atoms with E-state index in [1.807, 2.05) is 0 Å². The average molecular weight is 1040 g/mol. The first kappa shape index (κ1) is 72.3. The molecule has 3 rings (SSSR count). The second kappa shape index (κ2) is 33.4. The van der Waals surface area contributed by atoms with E-state index >= 15 is 0 Å². The number of aliphatic carboxylic acids is 12.